The molecule has 6 nitrogen and oxygen atoms in total. The van der Waals surface area contributed by atoms with Gasteiger partial charge in [-0.3, -0.25) is 14.5 Å². The average molecular weight is 345 g/mol. The standard InChI is InChI=1S/C19H27N3O3/c1-21-8-7-16(13-18(21)23)19(24)20-14-17(15-5-3-2-4-6-15)22-9-11-25-12-10-22/h2-6,16-17H,7-14H2,1H3,(H,20,24). The van der Waals surface area contributed by atoms with E-state index in [0.29, 0.717) is 19.5 Å². The summed E-state index contributed by atoms with van der Waals surface area (Å²) in [5.41, 5.74) is 1.20. The summed E-state index contributed by atoms with van der Waals surface area (Å²) in [6.45, 7) is 4.39. The van der Waals surface area contributed by atoms with Crippen LogP contribution in [0.25, 0.3) is 0 Å². The monoisotopic (exact) mass is 345 g/mol. The Balaban J connectivity index is 1.62. The molecule has 2 fully saturated rings. The van der Waals surface area contributed by atoms with Crippen LogP contribution in [0.5, 0.6) is 0 Å². The zero-order chi connectivity index (χ0) is 17.6. The van der Waals surface area contributed by atoms with Crippen molar-refractivity contribution in [2.45, 2.75) is 18.9 Å². The van der Waals surface area contributed by atoms with Crippen LogP contribution >= 0.6 is 0 Å². The van der Waals surface area contributed by atoms with Crippen LogP contribution in [-0.4, -0.2) is 68.1 Å². The van der Waals surface area contributed by atoms with Crippen LogP contribution in [0.15, 0.2) is 30.3 Å². The number of amides is 2. The molecular formula is C19H27N3O3. The van der Waals surface area contributed by atoms with E-state index in [9.17, 15) is 9.59 Å². The largest absolute Gasteiger partial charge is 0.379 e. The van der Waals surface area contributed by atoms with E-state index in [2.05, 4.69) is 22.3 Å². The smallest absolute Gasteiger partial charge is 0.223 e. The number of rotatable bonds is 5. The van der Waals surface area contributed by atoms with Gasteiger partial charge in [0.1, 0.15) is 0 Å². The van der Waals surface area contributed by atoms with Crippen LogP contribution < -0.4 is 5.32 Å². The van der Waals surface area contributed by atoms with Crippen molar-refractivity contribution in [3.05, 3.63) is 35.9 Å². The van der Waals surface area contributed by atoms with Crippen molar-refractivity contribution in [3.8, 4) is 0 Å². The molecule has 2 aliphatic heterocycles. The number of ether oxygens (including phenoxy) is 1. The highest BCUT2D eigenvalue weighted by atomic mass is 16.5. The number of likely N-dealkylation sites (tertiary alicyclic amines) is 1. The van der Waals surface area contributed by atoms with Crippen LogP contribution in [0.4, 0.5) is 0 Å². The molecule has 25 heavy (non-hydrogen) atoms. The van der Waals surface area contributed by atoms with Gasteiger partial charge in [0, 0.05) is 45.6 Å². The molecule has 2 atom stereocenters. The lowest BCUT2D eigenvalue weighted by Crippen LogP contribution is -2.46. The first kappa shape index (κ1) is 17.9. The van der Waals surface area contributed by atoms with Gasteiger partial charge in [-0.1, -0.05) is 30.3 Å². The maximum absolute atomic E-state index is 12.5. The molecule has 136 valence electrons. The maximum Gasteiger partial charge on any atom is 0.223 e. The van der Waals surface area contributed by atoms with Crippen LogP contribution in [0.1, 0.15) is 24.4 Å². The average Bonchev–Trinajstić information content (AvgIpc) is 2.66. The number of carbonyl (C=O) groups excluding carboxylic acids is 2. The number of piperidine rings is 1. The van der Waals surface area contributed by atoms with E-state index in [-0.39, 0.29) is 23.8 Å². The van der Waals surface area contributed by atoms with E-state index in [1.54, 1.807) is 11.9 Å². The molecule has 2 heterocycles. The Labute approximate surface area is 149 Å². The van der Waals surface area contributed by atoms with Gasteiger partial charge in [0.2, 0.25) is 11.8 Å². The first-order valence-electron chi connectivity index (χ1n) is 9.03. The molecule has 1 aromatic rings. The quantitative estimate of drug-likeness (QED) is 0.866. The Hall–Kier alpha value is -1.92. The number of hydrogen-bond donors (Lipinski definition) is 1. The number of carbonyl (C=O) groups is 2. The molecule has 2 saturated heterocycles. The zero-order valence-electron chi connectivity index (χ0n) is 14.8. The molecule has 2 unspecified atom stereocenters. The lowest BCUT2D eigenvalue weighted by atomic mass is 9.95. The molecule has 0 saturated carbocycles. The van der Waals surface area contributed by atoms with Crippen molar-refractivity contribution in [2.24, 2.45) is 5.92 Å². The second-order valence-corrected chi connectivity index (χ2v) is 6.82. The normalized spacial score (nSPS) is 23.3. The molecule has 0 aromatic heterocycles. The molecule has 6 heteroatoms. The fourth-order valence-electron chi connectivity index (χ4n) is 3.53. The number of benzene rings is 1. The van der Waals surface area contributed by atoms with Gasteiger partial charge < -0.3 is 15.0 Å². The molecule has 0 radical (unpaired) electrons. The predicted octanol–water partition coefficient (Wildman–Crippen LogP) is 1.04. The number of morpholine rings is 1. The number of hydrogen-bond acceptors (Lipinski definition) is 4. The van der Waals surface area contributed by atoms with Crippen LogP contribution in [0, 0.1) is 5.92 Å². The Morgan fingerprint density at radius 3 is 2.64 bits per heavy atom. The summed E-state index contributed by atoms with van der Waals surface area (Å²) in [6, 6.07) is 10.4. The van der Waals surface area contributed by atoms with E-state index in [0.717, 1.165) is 32.7 Å². The van der Waals surface area contributed by atoms with E-state index in [1.807, 2.05) is 18.2 Å². The van der Waals surface area contributed by atoms with Crippen LogP contribution in [0.3, 0.4) is 0 Å². The van der Waals surface area contributed by atoms with Crippen molar-refractivity contribution in [2.75, 3.05) is 46.4 Å². The molecule has 2 amide bonds. The minimum atomic E-state index is -0.204. The van der Waals surface area contributed by atoms with Gasteiger partial charge in [-0.15, -0.1) is 0 Å². The summed E-state index contributed by atoms with van der Waals surface area (Å²) >= 11 is 0. The second kappa shape index (κ2) is 8.45. The van der Waals surface area contributed by atoms with E-state index >= 15 is 0 Å². The fraction of sp³-hybridized carbons (Fsp3) is 0.579. The lowest BCUT2D eigenvalue weighted by Gasteiger charge is -2.35. The maximum atomic E-state index is 12.5. The highest BCUT2D eigenvalue weighted by Gasteiger charge is 2.30. The fourth-order valence-corrected chi connectivity index (χ4v) is 3.53. The Kier molecular flexibility index (Phi) is 6.04. The van der Waals surface area contributed by atoms with Gasteiger partial charge in [0.15, 0.2) is 0 Å². The minimum Gasteiger partial charge on any atom is -0.379 e. The zero-order valence-corrected chi connectivity index (χ0v) is 14.8. The van der Waals surface area contributed by atoms with Gasteiger partial charge in [-0.05, 0) is 12.0 Å². The van der Waals surface area contributed by atoms with Crippen molar-refractivity contribution < 1.29 is 14.3 Å². The van der Waals surface area contributed by atoms with Crippen molar-refractivity contribution in [1.82, 2.24) is 15.1 Å². The number of nitrogens with zero attached hydrogens (tertiary/aromatic N) is 2. The Morgan fingerprint density at radius 2 is 1.96 bits per heavy atom. The molecule has 0 aliphatic carbocycles. The summed E-state index contributed by atoms with van der Waals surface area (Å²) in [7, 11) is 1.79. The molecule has 1 aromatic carbocycles. The van der Waals surface area contributed by atoms with Gasteiger partial charge in [0.05, 0.1) is 19.3 Å². The summed E-state index contributed by atoms with van der Waals surface area (Å²) < 4.78 is 5.46. The highest BCUT2D eigenvalue weighted by Crippen LogP contribution is 2.22. The molecular weight excluding hydrogens is 318 g/mol. The van der Waals surface area contributed by atoms with Gasteiger partial charge in [-0.2, -0.15) is 0 Å². The minimum absolute atomic E-state index is 0.00404. The lowest BCUT2D eigenvalue weighted by molar-refractivity contribution is -0.139. The van der Waals surface area contributed by atoms with Gasteiger partial charge in [0.25, 0.3) is 0 Å². The molecule has 1 N–H and O–H groups in total. The molecule has 3 rings (SSSR count). The molecule has 0 spiro atoms. The van der Waals surface area contributed by atoms with Crippen molar-refractivity contribution >= 4 is 11.8 Å². The Morgan fingerprint density at radius 1 is 1.24 bits per heavy atom. The SMILES string of the molecule is CN1CCC(C(=O)NCC(c2ccccc2)N2CCOCC2)CC1=O. The highest BCUT2D eigenvalue weighted by molar-refractivity contribution is 5.86. The van der Waals surface area contributed by atoms with Crippen molar-refractivity contribution in [3.63, 3.8) is 0 Å². The summed E-state index contributed by atoms with van der Waals surface area (Å²) in [4.78, 5) is 28.4. The van der Waals surface area contributed by atoms with Crippen LogP contribution in [-0.2, 0) is 14.3 Å². The van der Waals surface area contributed by atoms with Crippen LogP contribution in [0.2, 0.25) is 0 Å². The second-order valence-electron chi connectivity index (χ2n) is 6.82. The summed E-state index contributed by atoms with van der Waals surface area (Å²) in [6.07, 6.45) is 1.05. The summed E-state index contributed by atoms with van der Waals surface area (Å²) in [5, 5.41) is 3.09. The summed E-state index contributed by atoms with van der Waals surface area (Å²) in [5.74, 6) is -0.153. The predicted molar refractivity (Wildman–Crippen MR) is 94.9 cm³/mol. The molecule has 0 bridgehead atoms. The third-order valence-electron chi connectivity index (χ3n) is 5.17. The molecule has 2 aliphatic rings. The van der Waals surface area contributed by atoms with Gasteiger partial charge >= 0.3 is 0 Å². The van der Waals surface area contributed by atoms with E-state index < -0.39 is 0 Å². The topological polar surface area (TPSA) is 61.9 Å². The van der Waals surface area contributed by atoms with E-state index in [1.165, 1.54) is 5.56 Å². The first-order chi connectivity index (χ1) is 12.1. The number of nitrogens with one attached hydrogen (secondary N) is 1. The third kappa shape index (κ3) is 4.58. The first-order valence-corrected chi connectivity index (χ1v) is 9.03. The Bertz CT molecular complexity index is 587. The third-order valence-corrected chi connectivity index (χ3v) is 5.17. The van der Waals surface area contributed by atoms with Gasteiger partial charge in [-0.25, -0.2) is 0 Å². The van der Waals surface area contributed by atoms with E-state index in [4.69, 9.17) is 4.74 Å². The van der Waals surface area contributed by atoms with Crippen molar-refractivity contribution in [1.29, 1.82) is 0 Å².